The van der Waals surface area contributed by atoms with Gasteiger partial charge in [-0.1, -0.05) is 18.2 Å². The summed E-state index contributed by atoms with van der Waals surface area (Å²) in [6, 6.07) is 18.7. The molecule has 1 aliphatic rings. The Balaban J connectivity index is 1.45. The summed E-state index contributed by atoms with van der Waals surface area (Å²) >= 11 is 0. The van der Waals surface area contributed by atoms with E-state index >= 15 is 0 Å². The molecule has 184 valence electrons. The number of anilines is 1. The Kier molecular flexibility index (Phi) is 7.16. The van der Waals surface area contributed by atoms with E-state index in [2.05, 4.69) is 5.32 Å². The summed E-state index contributed by atoms with van der Waals surface area (Å²) < 4.78 is 44.8. The Bertz CT molecular complexity index is 1310. The number of methoxy groups -OCH3 is 1. The molecule has 3 aromatic carbocycles. The Labute approximate surface area is 205 Å². The lowest BCUT2D eigenvalue weighted by Crippen LogP contribution is -2.51. The molecule has 1 N–H and O–H groups in total. The van der Waals surface area contributed by atoms with Gasteiger partial charge < -0.3 is 19.5 Å². The fourth-order valence-electron chi connectivity index (χ4n) is 3.70. The first-order chi connectivity index (χ1) is 16.8. The molecule has 0 bridgehead atoms. The van der Waals surface area contributed by atoms with Crippen LogP contribution in [0.15, 0.2) is 71.6 Å². The highest BCUT2D eigenvalue weighted by Gasteiger charge is 2.37. The average Bonchev–Trinajstić information content (AvgIpc) is 2.87. The highest BCUT2D eigenvalue weighted by Crippen LogP contribution is 2.37. The minimum atomic E-state index is -3.94. The zero-order valence-corrected chi connectivity index (χ0v) is 20.7. The Hall–Kier alpha value is -3.72. The topological polar surface area (TPSA) is 94.2 Å². The van der Waals surface area contributed by atoms with Gasteiger partial charge in [-0.25, -0.2) is 8.42 Å². The molecule has 9 heteroatoms. The van der Waals surface area contributed by atoms with Crippen molar-refractivity contribution in [1.29, 1.82) is 0 Å². The maximum atomic E-state index is 13.5. The van der Waals surface area contributed by atoms with E-state index in [9.17, 15) is 13.2 Å². The number of fused-ring (bicyclic) bond motifs is 1. The number of nitrogens with zero attached hydrogens (tertiary/aromatic N) is 1. The number of carbonyl (C=O) groups excluding carboxylic acids is 1. The number of carbonyl (C=O) groups is 1. The second-order valence-corrected chi connectivity index (χ2v) is 10.0. The summed E-state index contributed by atoms with van der Waals surface area (Å²) in [6.45, 7) is 4.40. The third kappa shape index (κ3) is 5.35. The fourth-order valence-corrected chi connectivity index (χ4v) is 5.18. The van der Waals surface area contributed by atoms with E-state index < -0.39 is 22.0 Å². The molecule has 0 aliphatic carbocycles. The molecule has 3 aromatic rings. The second kappa shape index (κ2) is 10.3. The lowest BCUT2D eigenvalue weighted by Gasteiger charge is -2.34. The summed E-state index contributed by atoms with van der Waals surface area (Å²) in [7, 11) is -2.43. The molecule has 35 heavy (non-hydrogen) atoms. The van der Waals surface area contributed by atoms with Gasteiger partial charge in [0, 0.05) is 0 Å². The van der Waals surface area contributed by atoms with Gasteiger partial charge in [-0.3, -0.25) is 9.10 Å². The number of sulfonamides is 1. The van der Waals surface area contributed by atoms with Crippen LogP contribution in [-0.4, -0.2) is 47.2 Å². The van der Waals surface area contributed by atoms with Gasteiger partial charge in [-0.2, -0.15) is 0 Å². The number of rotatable bonds is 8. The van der Waals surface area contributed by atoms with Crippen molar-refractivity contribution in [3.8, 4) is 17.2 Å². The number of hydrogen-bond donors (Lipinski definition) is 1. The van der Waals surface area contributed by atoms with Crippen LogP contribution in [0.5, 0.6) is 17.2 Å². The molecule has 1 amide bonds. The van der Waals surface area contributed by atoms with Gasteiger partial charge in [0.1, 0.15) is 23.9 Å². The van der Waals surface area contributed by atoms with Crippen molar-refractivity contribution in [2.24, 2.45) is 0 Å². The monoisotopic (exact) mass is 496 g/mol. The molecule has 1 heterocycles. The fraction of sp³-hybridized carbons (Fsp3) is 0.269. The first-order valence-corrected chi connectivity index (χ1v) is 12.6. The third-order valence-corrected chi connectivity index (χ3v) is 7.62. The maximum Gasteiger partial charge on any atom is 0.264 e. The molecule has 0 saturated carbocycles. The predicted octanol–water partition coefficient (Wildman–Crippen LogP) is 3.46. The zero-order valence-electron chi connectivity index (χ0n) is 19.9. The molecule has 0 spiro atoms. The molecule has 0 aromatic heterocycles. The third-order valence-electron chi connectivity index (χ3n) is 5.82. The average molecular weight is 497 g/mol. The van der Waals surface area contributed by atoms with Crippen LogP contribution < -0.4 is 23.8 Å². The standard InChI is InChI=1S/C26H28N2O6S/c1-18-8-9-21(16-19(18)2)33-15-14-27-26(29)25-17-28(23-6-4-5-7-24(23)34-25)35(30,31)22-12-10-20(32-3)11-13-22/h4-13,16,25H,14-15,17H2,1-3H3,(H,27,29)/t25-/m1/s1. The van der Waals surface area contributed by atoms with Crippen LogP contribution >= 0.6 is 0 Å². The molecule has 0 unspecified atom stereocenters. The van der Waals surface area contributed by atoms with Gasteiger partial charge in [0.15, 0.2) is 6.10 Å². The first kappa shape index (κ1) is 24.4. The first-order valence-electron chi connectivity index (χ1n) is 11.2. The van der Waals surface area contributed by atoms with Crippen LogP contribution in [0.4, 0.5) is 5.69 Å². The Morgan fingerprint density at radius 2 is 1.74 bits per heavy atom. The highest BCUT2D eigenvalue weighted by molar-refractivity contribution is 7.92. The van der Waals surface area contributed by atoms with Gasteiger partial charge in [-0.15, -0.1) is 0 Å². The number of aryl methyl sites for hydroxylation is 2. The molecule has 0 saturated heterocycles. The number of amides is 1. The minimum Gasteiger partial charge on any atom is -0.497 e. The molecule has 0 radical (unpaired) electrons. The Morgan fingerprint density at radius 1 is 1.03 bits per heavy atom. The van der Waals surface area contributed by atoms with Crippen molar-refractivity contribution in [2.75, 3.05) is 31.1 Å². The van der Waals surface area contributed by atoms with E-state index in [0.717, 1.165) is 11.3 Å². The number of nitrogens with one attached hydrogen (secondary N) is 1. The summed E-state index contributed by atoms with van der Waals surface area (Å²) in [4.78, 5) is 13.0. The smallest absolute Gasteiger partial charge is 0.264 e. The van der Waals surface area contributed by atoms with Crippen LogP contribution in [-0.2, 0) is 14.8 Å². The van der Waals surface area contributed by atoms with E-state index in [1.165, 1.54) is 29.1 Å². The lowest BCUT2D eigenvalue weighted by molar-refractivity contribution is -0.127. The minimum absolute atomic E-state index is 0.0935. The van der Waals surface area contributed by atoms with Crippen LogP contribution in [0, 0.1) is 13.8 Å². The van der Waals surface area contributed by atoms with Crippen LogP contribution in [0.1, 0.15) is 11.1 Å². The summed E-state index contributed by atoms with van der Waals surface area (Å²) in [5, 5.41) is 2.78. The van der Waals surface area contributed by atoms with Crippen LogP contribution in [0.25, 0.3) is 0 Å². The van der Waals surface area contributed by atoms with E-state index in [1.54, 1.807) is 36.4 Å². The predicted molar refractivity (Wildman–Crippen MR) is 133 cm³/mol. The Morgan fingerprint density at radius 3 is 2.46 bits per heavy atom. The van der Waals surface area contributed by atoms with E-state index in [4.69, 9.17) is 14.2 Å². The van der Waals surface area contributed by atoms with Gasteiger partial charge >= 0.3 is 0 Å². The number of hydrogen-bond acceptors (Lipinski definition) is 6. The molecule has 4 rings (SSSR count). The van der Waals surface area contributed by atoms with E-state index in [0.29, 0.717) is 17.2 Å². The van der Waals surface area contributed by atoms with E-state index in [1.807, 2.05) is 32.0 Å². The van der Waals surface area contributed by atoms with Crippen molar-refractivity contribution in [3.05, 3.63) is 77.9 Å². The van der Waals surface area contributed by atoms with Crippen LogP contribution in [0.2, 0.25) is 0 Å². The van der Waals surface area contributed by atoms with Gasteiger partial charge in [-0.05, 0) is 73.5 Å². The highest BCUT2D eigenvalue weighted by atomic mass is 32.2. The molecular formula is C26H28N2O6S. The van der Waals surface area contributed by atoms with Crippen LogP contribution in [0.3, 0.4) is 0 Å². The van der Waals surface area contributed by atoms with Gasteiger partial charge in [0.05, 0.1) is 30.8 Å². The molecule has 0 fully saturated rings. The van der Waals surface area contributed by atoms with Crippen molar-refractivity contribution in [3.63, 3.8) is 0 Å². The van der Waals surface area contributed by atoms with Crippen molar-refractivity contribution in [2.45, 2.75) is 24.8 Å². The number of benzene rings is 3. The van der Waals surface area contributed by atoms with Crippen molar-refractivity contribution < 1.29 is 27.4 Å². The summed E-state index contributed by atoms with van der Waals surface area (Å²) in [5.74, 6) is 1.18. The summed E-state index contributed by atoms with van der Waals surface area (Å²) in [5.41, 5.74) is 2.68. The number of ether oxygens (including phenoxy) is 3. The summed E-state index contributed by atoms with van der Waals surface area (Å²) in [6.07, 6.45) is -1.01. The molecule has 1 aliphatic heterocycles. The van der Waals surface area contributed by atoms with Crippen molar-refractivity contribution >= 4 is 21.6 Å². The van der Waals surface area contributed by atoms with Gasteiger partial charge in [0.2, 0.25) is 0 Å². The lowest BCUT2D eigenvalue weighted by atomic mass is 10.1. The number of para-hydroxylation sites is 2. The zero-order chi connectivity index (χ0) is 25.0. The maximum absolute atomic E-state index is 13.5. The molecule has 1 atom stereocenters. The largest absolute Gasteiger partial charge is 0.497 e. The van der Waals surface area contributed by atoms with E-state index in [-0.39, 0.29) is 24.6 Å². The quantitative estimate of drug-likeness (QED) is 0.480. The van der Waals surface area contributed by atoms with Crippen molar-refractivity contribution in [1.82, 2.24) is 5.32 Å². The SMILES string of the molecule is COc1ccc(S(=O)(=O)N2C[C@H](C(=O)NCCOc3ccc(C)c(C)c3)Oc3ccccc32)cc1. The molecule has 8 nitrogen and oxygen atoms in total. The normalized spacial score (nSPS) is 15.1. The van der Waals surface area contributed by atoms with Gasteiger partial charge in [0.25, 0.3) is 15.9 Å². The molecular weight excluding hydrogens is 468 g/mol. The second-order valence-electron chi connectivity index (χ2n) is 8.17.